The predicted molar refractivity (Wildman–Crippen MR) is 118 cm³/mol. The van der Waals surface area contributed by atoms with Crippen molar-refractivity contribution in [2.75, 3.05) is 17.7 Å². The van der Waals surface area contributed by atoms with Crippen LogP contribution >= 0.6 is 23.1 Å². The number of nitrogens with one attached hydrogen (secondary N) is 1. The quantitative estimate of drug-likeness (QED) is 0.305. The number of nitrogens with zero attached hydrogens (tertiary/aromatic N) is 4. The summed E-state index contributed by atoms with van der Waals surface area (Å²) in [4.78, 5) is 29.5. The molecule has 3 aromatic heterocycles. The van der Waals surface area contributed by atoms with E-state index in [9.17, 15) is 9.59 Å². The fourth-order valence-electron chi connectivity index (χ4n) is 2.66. The highest BCUT2D eigenvalue weighted by atomic mass is 32.2. The number of hydrogen-bond donors (Lipinski definition) is 1. The molecule has 0 aliphatic heterocycles. The van der Waals surface area contributed by atoms with Crippen molar-refractivity contribution in [3.05, 3.63) is 53.7 Å². The Hall–Kier alpha value is -2.98. The van der Waals surface area contributed by atoms with Gasteiger partial charge in [0.2, 0.25) is 5.91 Å². The van der Waals surface area contributed by atoms with Gasteiger partial charge in [0, 0.05) is 29.4 Å². The lowest BCUT2D eigenvalue weighted by Crippen LogP contribution is -2.16. The summed E-state index contributed by atoms with van der Waals surface area (Å²) in [5.41, 5.74) is 1.25. The van der Waals surface area contributed by atoms with Gasteiger partial charge in [-0.3, -0.25) is 14.3 Å². The molecule has 8 nitrogen and oxygen atoms in total. The number of allylic oxidation sites excluding steroid dienone is 1. The van der Waals surface area contributed by atoms with Gasteiger partial charge in [-0.15, -0.1) is 28.1 Å². The van der Waals surface area contributed by atoms with E-state index in [-0.39, 0.29) is 18.3 Å². The van der Waals surface area contributed by atoms with E-state index in [0.29, 0.717) is 28.1 Å². The number of thiophene rings is 1. The minimum Gasteiger partial charge on any atom is -0.462 e. The van der Waals surface area contributed by atoms with Crippen LogP contribution in [0.4, 0.5) is 5.00 Å². The Morgan fingerprint density at radius 3 is 2.80 bits per heavy atom. The summed E-state index contributed by atoms with van der Waals surface area (Å²) in [6.07, 6.45) is 5.12. The molecule has 0 aliphatic rings. The van der Waals surface area contributed by atoms with Crippen LogP contribution in [-0.4, -0.2) is 44.0 Å². The maximum absolute atomic E-state index is 12.5. The monoisotopic (exact) mass is 443 g/mol. The first-order valence-corrected chi connectivity index (χ1v) is 11.0. The van der Waals surface area contributed by atoms with Gasteiger partial charge in [-0.25, -0.2) is 4.79 Å². The summed E-state index contributed by atoms with van der Waals surface area (Å²) >= 11 is 2.60. The van der Waals surface area contributed by atoms with Crippen LogP contribution < -0.4 is 5.32 Å². The molecule has 0 unspecified atom stereocenters. The van der Waals surface area contributed by atoms with Crippen LogP contribution in [0.2, 0.25) is 0 Å². The van der Waals surface area contributed by atoms with Crippen molar-refractivity contribution in [3.8, 4) is 11.4 Å². The Morgan fingerprint density at radius 1 is 1.33 bits per heavy atom. The Balaban J connectivity index is 1.71. The van der Waals surface area contributed by atoms with Crippen molar-refractivity contribution < 1.29 is 14.3 Å². The molecule has 3 rings (SSSR count). The van der Waals surface area contributed by atoms with Crippen LogP contribution in [0.3, 0.4) is 0 Å². The van der Waals surface area contributed by atoms with E-state index in [1.807, 2.05) is 23.6 Å². The molecule has 1 amide bonds. The van der Waals surface area contributed by atoms with Crippen molar-refractivity contribution in [3.63, 3.8) is 0 Å². The van der Waals surface area contributed by atoms with Crippen LogP contribution in [0.25, 0.3) is 11.4 Å². The first kappa shape index (κ1) is 21.7. The number of aryl methyl sites for hydroxylation is 1. The molecule has 10 heteroatoms. The number of anilines is 1. The summed E-state index contributed by atoms with van der Waals surface area (Å²) in [6.45, 7) is 8.18. The Bertz CT molecular complexity index is 1050. The third-order valence-corrected chi connectivity index (χ3v) is 5.84. The van der Waals surface area contributed by atoms with E-state index in [4.69, 9.17) is 4.74 Å². The van der Waals surface area contributed by atoms with E-state index >= 15 is 0 Å². The van der Waals surface area contributed by atoms with Crippen LogP contribution in [0.1, 0.15) is 22.2 Å². The highest BCUT2D eigenvalue weighted by molar-refractivity contribution is 7.99. The number of amides is 1. The van der Waals surface area contributed by atoms with Gasteiger partial charge in [-0.05, 0) is 32.0 Å². The van der Waals surface area contributed by atoms with Gasteiger partial charge in [0.15, 0.2) is 11.0 Å². The van der Waals surface area contributed by atoms with Gasteiger partial charge in [0.05, 0.1) is 17.9 Å². The lowest BCUT2D eigenvalue weighted by atomic mass is 10.2. The molecular weight excluding hydrogens is 422 g/mol. The van der Waals surface area contributed by atoms with E-state index in [1.54, 1.807) is 31.5 Å². The van der Waals surface area contributed by atoms with Gasteiger partial charge in [0.1, 0.15) is 5.00 Å². The second kappa shape index (κ2) is 10.2. The summed E-state index contributed by atoms with van der Waals surface area (Å²) in [7, 11) is 0. The number of hydrogen-bond acceptors (Lipinski definition) is 8. The van der Waals surface area contributed by atoms with Gasteiger partial charge in [0.25, 0.3) is 0 Å². The molecule has 0 spiro atoms. The zero-order chi connectivity index (χ0) is 21.5. The lowest BCUT2D eigenvalue weighted by Gasteiger charge is -2.08. The second-order valence-corrected chi connectivity index (χ2v) is 8.30. The first-order chi connectivity index (χ1) is 14.5. The molecule has 156 valence electrons. The zero-order valence-electron chi connectivity index (χ0n) is 16.6. The minimum absolute atomic E-state index is 0.116. The Labute approximate surface area is 182 Å². The maximum atomic E-state index is 12.5. The van der Waals surface area contributed by atoms with Crippen molar-refractivity contribution in [1.82, 2.24) is 19.7 Å². The minimum atomic E-state index is -0.447. The third-order valence-electron chi connectivity index (χ3n) is 3.90. The van der Waals surface area contributed by atoms with Gasteiger partial charge in [-0.1, -0.05) is 17.8 Å². The summed E-state index contributed by atoms with van der Waals surface area (Å²) in [6, 6.07) is 5.41. The molecule has 0 saturated heterocycles. The fourth-order valence-corrected chi connectivity index (χ4v) is 4.33. The smallest absolute Gasteiger partial charge is 0.341 e. The topological polar surface area (TPSA) is 99.0 Å². The average molecular weight is 444 g/mol. The number of pyridine rings is 1. The summed E-state index contributed by atoms with van der Waals surface area (Å²) in [5, 5.41) is 12.4. The summed E-state index contributed by atoms with van der Waals surface area (Å²) < 4.78 is 6.94. The van der Waals surface area contributed by atoms with Crippen LogP contribution in [0.15, 0.2) is 48.4 Å². The fraction of sp³-hybridized carbons (Fsp3) is 0.250. The van der Waals surface area contributed by atoms with E-state index in [0.717, 1.165) is 10.4 Å². The molecular formula is C20H21N5O3S2. The van der Waals surface area contributed by atoms with Gasteiger partial charge in [-0.2, -0.15) is 0 Å². The maximum Gasteiger partial charge on any atom is 0.341 e. The molecule has 1 N–H and O–H groups in total. The Kier molecular flexibility index (Phi) is 7.36. The summed E-state index contributed by atoms with van der Waals surface area (Å²) in [5.74, 6) is 0.104. The number of esters is 1. The lowest BCUT2D eigenvalue weighted by molar-refractivity contribution is -0.113. The van der Waals surface area contributed by atoms with Crippen LogP contribution in [-0.2, 0) is 16.1 Å². The molecule has 30 heavy (non-hydrogen) atoms. The molecule has 0 aliphatic carbocycles. The van der Waals surface area contributed by atoms with Crippen LogP contribution in [0.5, 0.6) is 0 Å². The molecule has 0 bridgehead atoms. The second-order valence-electron chi connectivity index (χ2n) is 6.10. The predicted octanol–water partition coefficient (Wildman–Crippen LogP) is 3.80. The number of aromatic nitrogens is 4. The molecule has 0 fully saturated rings. The van der Waals surface area contributed by atoms with Crippen molar-refractivity contribution in [2.45, 2.75) is 25.5 Å². The largest absolute Gasteiger partial charge is 0.462 e. The van der Waals surface area contributed by atoms with E-state index in [1.165, 1.54) is 23.1 Å². The molecule has 0 radical (unpaired) electrons. The van der Waals surface area contributed by atoms with Gasteiger partial charge < -0.3 is 10.1 Å². The van der Waals surface area contributed by atoms with Crippen LogP contribution in [0, 0.1) is 6.92 Å². The highest BCUT2D eigenvalue weighted by Gasteiger charge is 2.19. The first-order valence-electron chi connectivity index (χ1n) is 9.18. The van der Waals surface area contributed by atoms with Crippen molar-refractivity contribution >= 4 is 40.0 Å². The third kappa shape index (κ3) is 5.14. The molecule has 3 heterocycles. The number of thioether (sulfide) groups is 1. The number of ether oxygens (including phenoxy) is 1. The molecule has 3 aromatic rings. The van der Waals surface area contributed by atoms with Crippen molar-refractivity contribution in [2.24, 2.45) is 0 Å². The highest BCUT2D eigenvalue weighted by Crippen LogP contribution is 2.29. The van der Waals surface area contributed by atoms with E-state index in [2.05, 4.69) is 27.1 Å². The molecule has 0 atom stereocenters. The molecule has 0 saturated carbocycles. The standard InChI is InChI=1S/C20H21N5O3S2/c1-4-10-25-17(14-6-8-21-9-7-14)23-24-20(25)29-12-16(26)22-18-15(11-13(3)30-18)19(27)28-5-2/h4,6-9,11H,1,5,10,12H2,2-3H3,(H,22,26). The van der Waals surface area contributed by atoms with Crippen molar-refractivity contribution in [1.29, 1.82) is 0 Å². The normalized spacial score (nSPS) is 10.6. The average Bonchev–Trinajstić information content (AvgIpc) is 3.30. The van der Waals surface area contributed by atoms with E-state index < -0.39 is 5.97 Å². The number of carbonyl (C=O) groups excluding carboxylic acids is 2. The molecule has 0 aromatic carbocycles. The zero-order valence-corrected chi connectivity index (χ0v) is 18.3. The SMILES string of the molecule is C=CCn1c(SCC(=O)Nc2sc(C)cc2C(=O)OCC)nnc1-c1ccncc1. The Morgan fingerprint density at radius 2 is 2.10 bits per heavy atom. The van der Waals surface area contributed by atoms with Gasteiger partial charge >= 0.3 is 5.97 Å². The number of rotatable bonds is 9. The number of carbonyl (C=O) groups is 2.